The van der Waals surface area contributed by atoms with E-state index in [4.69, 9.17) is 4.74 Å². The van der Waals surface area contributed by atoms with E-state index in [1.54, 1.807) is 0 Å². The number of hydrogen-bond acceptors (Lipinski definition) is 3. The zero-order valence-corrected chi connectivity index (χ0v) is 20.9. The fraction of sp³-hybridized carbons (Fsp3) is 0. The van der Waals surface area contributed by atoms with E-state index in [9.17, 15) is 9.59 Å². The van der Waals surface area contributed by atoms with Crippen molar-refractivity contribution in [3.8, 4) is 0 Å². The minimum atomic E-state index is -0.727. The van der Waals surface area contributed by atoms with Crippen LogP contribution in [-0.4, -0.2) is 11.9 Å². The molecular weight excluding hydrogens is 632 g/mol. The maximum atomic E-state index is 13.0. The number of fused-ring (bicyclic) bond motifs is 2. The summed E-state index contributed by atoms with van der Waals surface area (Å²) in [6, 6.07) is 18.6. The van der Waals surface area contributed by atoms with Crippen molar-refractivity contribution in [2.45, 2.75) is 0 Å². The molecule has 0 aliphatic rings. The van der Waals surface area contributed by atoms with Gasteiger partial charge in [0.25, 0.3) is 0 Å². The summed E-state index contributed by atoms with van der Waals surface area (Å²) in [5.74, 6) is -1.45. The minimum absolute atomic E-state index is 0.291. The van der Waals surface area contributed by atoms with Crippen LogP contribution in [0.15, 0.2) is 78.6 Å². The molecule has 0 bridgehead atoms. The molecule has 0 unspecified atom stereocenters. The molecule has 0 amide bonds. The second kappa shape index (κ2) is 8.30. The number of rotatable bonds is 2. The largest absolute Gasteiger partial charge is 0.386 e. The Balaban J connectivity index is 1.81. The van der Waals surface area contributed by atoms with Crippen LogP contribution in [0.25, 0.3) is 21.5 Å². The first-order valence-corrected chi connectivity index (χ1v) is 11.6. The second-order valence-electron chi connectivity index (χ2n) is 6.21. The lowest BCUT2D eigenvalue weighted by Crippen LogP contribution is -2.15. The van der Waals surface area contributed by atoms with Crippen LogP contribution in [0.4, 0.5) is 0 Å². The maximum absolute atomic E-state index is 13.0. The average Bonchev–Trinajstić information content (AvgIpc) is 2.69. The van der Waals surface area contributed by atoms with E-state index in [1.165, 1.54) is 0 Å². The fourth-order valence-corrected chi connectivity index (χ4v) is 5.03. The predicted octanol–water partition coefficient (Wildman–Crippen LogP) is 8.04. The van der Waals surface area contributed by atoms with Gasteiger partial charge in [-0.25, -0.2) is 9.59 Å². The molecule has 0 radical (unpaired) electrons. The van der Waals surface area contributed by atoms with Crippen LogP contribution in [0.1, 0.15) is 20.7 Å². The number of ether oxygens (including phenoxy) is 1. The summed E-state index contributed by atoms with van der Waals surface area (Å²) in [6.45, 7) is 0. The first-order valence-electron chi connectivity index (χ1n) is 8.38. The van der Waals surface area contributed by atoms with Crippen molar-refractivity contribution in [2.75, 3.05) is 0 Å². The molecule has 0 saturated heterocycles. The Hall–Kier alpha value is -1.54. The van der Waals surface area contributed by atoms with Crippen LogP contribution in [0.5, 0.6) is 0 Å². The summed E-state index contributed by atoms with van der Waals surface area (Å²) in [6.07, 6.45) is 0. The van der Waals surface area contributed by atoms with Gasteiger partial charge in [-0.15, -0.1) is 0 Å². The van der Waals surface area contributed by atoms with Gasteiger partial charge in [0.2, 0.25) is 0 Å². The molecule has 144 valence electrons. The van der Waals surface area contributed by atoms with E-state index in [0.29, 0.717) is 39.8 Å². The highest BCUT2D eigenvalue weighted by Crippen LogP contribution is 2.36. The molecule has 7 heteroatoms. The SMILES string of the molecule is O=C(OC(=O)c1c(Br)c(Br)cc2ccccc12)c1c(Br)c(Br)cc2ccccc12. The van der Waals surface area contributed by atoms with Gasteiger partial charge in [0.1, 0.15) is 0 Å². The number of hydrogen-bond donors (Lipinski definition) is 0. The zero-order chi connectivity index (χ0) is 20.7. The summed E-state index contributed by atoms with van der Waals surface area (Å²) >= 11 is 13.8. The summed E-state index contributed by atoms with van der Waals surface area (Å²) in [7, 11) is 0. The quantitative estimate of drug-likeness (QED) is 0.164. The zero-order valence-electron chi connectivity index (χ0n) is 14.5. The highest BCUT2D eigenvalue weighted by atomic mass is 79.9. The average molecular weight is 642 g/mol. The van der Waals surface area contributed by atoms with Gasteiger partial charge in [-0.05, 0) is 97.4 Å². The molecule has 0 saturated carbocycles. The predicted molar refractivity (Wildman–Crippen MR) is 128 cm³/mol. The van der Waals surface area contributed by atoms with E-state index in [0.717, 1.165) is 10.8 Å². The van der Waals surface area contributed by atoms with Gasteiger partial charge in [-0.3, -0.25) is 0 Å². The summed E-state index contributed by atoms with van der Waals surface area (Å²) < 4.78 is 7.80. The normalized spacial score (nSPS) is 11.0. The lowest BCUT2D eigenvalue weighted by Gasteiger charge is -2.13. The Morgan fingerprint density at radius 2 is 1.00 bits per heavy atom. The molecule has 0 spiro atoms. The Labute approximate surface area is 199 Å². The topological polar surface area (TPSA) is 43.4 Å². The molecule has 4 rings (SSSR count). The van der Waals surface area contributed by atoms with E-state index in [1.807, 2.05) is 60.7 Å². The summed E-state index contributed by atoms with van der Waals surface area (Å²) in [4.78, 5) is 26.1. The van der Waals surface area contributed by atoms with Crippen LogP contribution in [-0.2, 0) is 4.74 Å². The van der Waals surface area contributed by atoms with Crippen molar-refractivity contribution >= 4 is 97.2 Å². The highest BCUT2D eigenvalue weighted by Gasteiger charge is 2.25. The van der Waals surface area contributed by atoms with Gasteiger partial charge in [-0.1, -0.05) is 48.5 Å². The molecule has 3 nitrogen and oxygen atoms in total. The van der Waals surface area contributed by atoms with Gasteiger partial charge in [0.15, 0.2) is 0 Å². The first kappa shape index (κ1) is 20.7. The monoisotopic (exact) mass is 638 g/mol. The van der Waals surface area contributed by atoms with Gasteiger partial charge in [-0.2, -0.15) is 0 Å². The Morgan fingerprint density at radius 1 is 0.621 bits per heavy atom. The molecule has 0 N–H and O–H groups in total. The molecule has 0 atom stereocenters. The van der Waals surface area contributed by atoms with E-state index < -0.39 is 11.9 Å². The van der Waals surface area contributed by atoms with Crippen molar-refractivity contribution in [3.05, 3.63) is 89.7 Å². The number of esters is 2. The van der Waals surface area contributed by atoms with E-state index >= 15 is 0 Å². The van der Waals surface area contributed by atoms with Crippen molar-refractivity contribution in [1.82, 2.24) is 0 Å². The molecule has 4 aromatic carbocycles. The molecular formula is C22H10Br4O3. The third kappa shape index (κ3) is 3.81. The molecule has 0 fully saturated rings. The van der Waals surface area contributed by atoms with Crippen LogP contribution >= 0.6 is 63.7 Å². The van der Waals surface area contributed by atoms with E-state index in [-0.39, 0.29) is 0 Å². The minimum Gasteiger partial charge on any atom is -0.386 e. The van der Waals surface area contributed by atoms with Crippen LogP contribution in [0.3, 0.4) is 0 Å². The summed E-state index contributed by atoms with van der Waals surface area (Å²) in [5, 5.41) is 3.10. The standard InChI is InChI=1S/C22H10Br4O3/c23-15-9-11-5-1-3-7-13(11)17(19(15)25)21(27)29-22(28)18-14-8-4-2-6-12(14)10-16(24)20(18)26/h1-10H. The van der Waals surface area contributed by atoms with Crippen molar-refractivity contribution < 1.29 is 14.3 Å². The van der Waals surface area contributed by atoms with Crippen LogP contribution < -0.4 is 0 Å². The molecule has 0 aliphatic carbocycles. The highest BCUT2D eigenvalue weighted by molar-refractivity contribution is 9.13. The van der Waals surface area contributed by atoms with Gasteiger partial charge in [0, 0.05) is 17.9 Å². The fourth-order valence-electron chi connectivity index (χ4n) is 3.16. The maximum Gasteiger partial charge on any atom is 0.347 e. The van der Waals surface area contributed by atoms with E-state index in [2.05, 4.69) is 63.7 Å². The Morgan fingerprint density at radius 3 is 1.41 bits per heavy atom. The number of benzene rings is 4. The van der Waals surface area contributed by atoms with Crippen LogP contribution in [0, 0.1) is 0 Å². The van der Waals surface area contributed by atoms with Crippen molar-refractivity contribution in [3.63, 3.8) is 0 Å². The van der Waals surface area contributed by atoms with Crippen molar-refractivity contribution in [2.24, 2.45) is 0 Å². The third-order valence-corrected chi connectivity index (χ3v) is 8.44. The number of carbonyl (C=O) groups excluding carboxylic acids is 2. The first-order chi connectivity index (χ1) is 13.9. The van der Waals surface area contributed by atoms with Gasteiger partial charge < -0.3 is 4.74 Å². The number of carbonyl (C=O) groups is 2. The lowest BCUT2D eigenvalue weighted by molar-refractivity contribution is 0.0399. The molecule has 29 heavy (non-hydrogen) atoms. The molecule has 0 aromatic heterocycles. The molecule has 0 heterocycles. The van der Waals surface area contributed by atoms with Gasteiger partial charge in [0.05, 0.1) is 11.1 Å². The molecule has 4 aromatic rings. The third-order valence-electron chi connectivity index (χ3n) is 4.48. The second-order valence-corrected chi connectivity index (χ2v) is 9.51. The van der Waals surface area contributed by atoms with Gasteiger partial charge >= 0.3 is 11.9 Å². The Bertz CT molecular complexity index is 1210. The summed E-state index contributed by atoms with van der Waals surface area (Å²) in [5.41, 5.74) is 0.581. The molecule has 0 aliphatic heterocycles. The number of halogens is 4. The lowest BCUT2D eigenvalue weighted by atomic mass is 10.0. The van der Waals surface area contributed by atoms with Crippen LogP contribution in [0.2, 0.25) is 0 Å². The Kier molecular flexibility index (Phi) is 5.93. The van der Waals surface area contributed by atoms with Crippen molar-refractivity contribution in [1.29, 1.82) is 0 Å². The smallest absolute Gasteiger partial charge is 0.347 e.